The fourth-order valence-electron chi connectivity index (χ4n) is 5.84. The van der Waals surface area contributed by atoms with E-state index in [-0.39, 0.29) is 5.92 Å². The topological polar surface area (TPSA) is 61.8 Å². The average molecular weight is 430 g/mol. The lowest BCUT2D eigenvalue weighted by atomic mass is 9.83. The molecule has 7 heteroatoms. The molecule has 0 N–H and O–H groups in total. The van der Waals surface area contributed by atoms with Crippen LogP contribution in [-0.2, 0) is 9.53 Å². The van der Waals surface area contributed by atoms with Gasteiger partial charge in [-0.05, 0) is 70.0 Å². The molecule has 3 aliphatic rings. The molecule has 1 unspecified atom stereocenters. The third-order valence-corrected chi connectivity index (χ3v) is 7.38. The predicted octanol–water partition coefficient (Wildman–Crippen LogP) is 2.82. The number of aromatic nitrogens is 2. The number of carbonyl (C=O) groups excluding carboxylic acids is 1. The van der Waals surface area contributed by atoms with Crippen LogP contribution < -0.4 is 4.90 Å². The summed E-state index contributed by atoms with van der Waals surface area (Å²) in [7, 11) is 1.74. The molecule has 0 spiro atoms. The van der Waals surface area contributed by atoms with E-state index < -0.39 is 0 Å². The lowest BCUT2D eigenvalue weighted by Gasteiger charge is -2.46. The molecule has 0 bridgehead atoms. The average Bonchev–Trinajstić information content (AvgIpc) is 2.84. The molecule has 31 heavy (non-hydrogen) atoms. The molecule has 3 fully saturated rings. The van der Waals surface area contributed by atoms with Crippen molar-refractivity contribution in [1.82, 2.24) is 19.8 Å². The molecule has 1 aromatic heterocycles. The molecule has 0 saturated carbocycles. The summed E-state index contributed by atoms with van der Waals surface area (Å²) in [5, 5.41) is 0. The van der Waals surface area contributed by atoms with E-state index in [1.165, 1.54) is 45.2 Å². The van der Waals surface area contributed by atoms with Crippen LogP contribution in [0, 0.1) is 11.8 Å². The van der Waals surface area contributed by atoms with Crippen molar-refractivity contribution in [3.8, 4) is 0 Å². The smallest absolute Gasteiger partial charge is 0.227 e. The van der Waals surface area contributed by atoms with Crippen molar-refractivity contribution in [2.75, 3.05) is 57.9 Å². The largest absolute Gasteiger partial charge is 0.385 e. The van der Waals surface area contributed by atoms with E-state index in [1.54, 1.807) is 19.5 Å². The Labute approximate surface area is 187 Å². The summed E-state index contributed by atoms with van der Waals surface area (Å²) < 4.78 is 5.30. The minimum absolute atomic E-state index is 0.0335. The maximum Gasteiger partial charge on any atom is 0.227 e. The van der Waals surface area contributed by atoms with Crippen molar-refractivity contribution in [2.45, 2.75) is 57.4 Å². The molecule has 3 atom stereocenters. The van der Waals surface area contributed by atoms with Gasteiger partial charge in [-0.15, -0.1) is 0 Å². The molecule has 4 heterocycles. The zero-order valence-corrected chi connectivity index (χ0v) is 19.1. The van der Waals surface area contributed by atoms with Crippen molar-refractivity contribution < 1.29 is 9.53 Å². The van der Waals surface area contributed by atoms with Crippen LogP contribution in [0.15, 0.2) is 18.5 Å². The molecular weight excluding hydrogens is 390 g/mol. The van der Waals surface area contributed by atoms with Crippen LogP contribution in [0.1, 0.15) is 51.4 Å². The van der Waals surface area contributed by atoms with Gasteiger partial charge in [-0.3, -0.25) is 4.79 Å². The number of hydrogen-bond acceptors (Lipinski definition) is 6. The third-order valence-electron chi connectivity index (χ3n) is 7.38. The Kier molecular flexibility index (Phi) is 8.14. The SMILES string of the molecule is COCCCN(C[C@@H]1CCCN2CCCC[C@H]12)C(=O)C1CCCN(c2ncccn2)C1. The van der Waals surface area contributed by atoms with Crippen molar-refractivity contribution in [1.29, 1.82) is 0 Å². The van der Waals surface area contributed by atoms with Crippen LogP contribution in [0.25, 0.3) is 0 Å². The van der Waals surface area contributed by atoms with Gasteiger partial charge < -0.3 is 19.4 Å². The molecule has 4 rings (SSSR count). The zero-order valence-electron chi connectivity index (χ0n) is 19.1. The number of piperidine rings is 3. The van der Waals surface area contributed by atoms with Crippen LogP contribution in [0.5, 0.6) is 0 Å². The van der Waals surface area contributed by atoms with Crippen LogP contribution in [-0.4, -0.2) is 84.7 Å². The standard InChI is InChI=1S/C24H39N5O2/c1-31-17-7-16-28(18-20-8-4-14-27-13-3-2-10-22(20)27)23(30)21-9-5-15-29(19-21)24-25-11-6-12-26-24/h6,11-12,20-22H,2-5,7-10,13-19H2,1H3/t20-,21?,22+/m0/s1. The van der Waals surface area contributed by atoms with E-state index in [1.807, 2.05) is 6.07 Å². The van der Waals surface area contributed by atoms with E-state index in [4.69, 9.17) is 4.74 Å². The Balaban J connectivity index is 1.42. The Bertz CT molecular complexity index is 686. The highest BCUT2D eigenvalue weighted by atomic mass is 16.5. The summed E-state index contributed by atoms with van der Waals surface area (Å²) in [6.07, 6.45) is 12.9. The van der Waals surface area contributed by atoms with Gasteiger partial charge in [0.05, 0.1) is 5.92 Å². The number of anilines is 1. The van der Waals surface area contributed by atoms with Crippen molar-refractivity contribution in [3.05, 3.63) is 18.5 Å². The van der Waals surface area contributed by atoms with Crippen molar-refractivity contribution in [2.24, 2.45) is 11.8 Å². The number of methoxy groups -OCH3 is 1. The number of fused-ring (bicyclic) bond motifs is 1. The van der Waals surface area contributed by atoms with Crippen LogP contribution in [0.4, 0.5) is 5.95 Å². The highest BCUT2D eigenvalue weighted by molar-refractivity contribution is 5.79. The molecular formula is C24H39N5O2. The Morgan fingerprint density at radius 3 is 2.74 bits per heavy atom. The zero-order chi connectivity index (χ0) is 21.5. The predicted molar refractivity (Wildman–Crippen MR) is 122 cm³/mol. The monoisotopic (exact) mass is 429 g/mol. The molecule has 3 saturated heterocycles. The minimum atomic E-state index is 0.0335. The quantitative estimate of drug-likeness (QED) is 0.592. The van der Waals surface area contributed by atoms with Crippen LogP contribution in [0.2, 0.25) is 0 Å². The maximum atomic E-state index is 13.7. The van der Waals surface area contributed by atoms with E-state index in [9.17, 15) is 4.79 Å². The van der Waals surface area contributed by atoms with Gasteiger partial charge in [0.25, 0.3) is 0 Å². The second-order valence-corrected chi connectivity index (χ2v) is 9.47. The fraction of sp³-hybridized carbons (Fsp3) is 0.792. The van der Waals surface area contributed by atoms with Gasteiger partial charge in [0, 0.05) is 58.3 Å². The third kappa shape index (κ3) is 5.75. The lowest BCUT2D eigenvalue weighted by Crippen LogP contribution is -2.53. The fourth-order valence-corrected chi connectivity index (χ4v) is 5.84. The molecule has 1 amide bonds. The van der Waals surface area contributed by atoms with Crippen LogP contribution in [0.3, 0.4) is 0 Å². The Hall–Kier alpha value is -1.73. The maximum absolute atomic E-state index is 13.7. The molecule has 172 valence electrons. The highest BCUT2D eigenvalue weighted by Gasteiger charge is 2.36. The number of carbonyl (C=O) groups is 1. The number of ether oxygens (including phenoxy) is 1. The molecule has 0 aromatic carbocycles. The summed E-state index contributed by atoms with van der Waals surface area (Å²) >= 11 is 0. The summed E-state index contributed by atoms with van der Waals surface area (Å²) in [6, 6.07) is 2.51. The first-order chi connectivity index (χ1) is 15.3. The summed E-state index contributed by atoms with van der Waals surface area (Å²) in [4.78, 5) is 29.6. The Morgan fingerprint density at radius 1 is 1.10 bits per heavy atom. The van der Waals surface area contributed by atoms with Gasteiger partial charge in [-0.25, -0.2) is 9.97 Å². The number of nitrogens with zero attached hydrogens (tertiary/aromatic N) is 5. The second kappa shape index (κ2) is 11.2. The van der Waals surface area contributed by atoms with E-state index in [0.717, 1.165) is 51.4 Å². The Morgan fingerprint density at radius 2 is 1.90 bits per heavy atom. The minimum Gasteiger partial charge on any atom is -0.385 e. The van der Waals surface area contributed by atoms with Gasteiger partial charge in [-0.2, -0.15) is 0 Å². The molecule has 0 radical (unpaired) electrons. The van der Waals surface area contributed by atoms with Gasteiger partial charge in [0.2, 0.25) is 11.9 Å². The lowest BCUT2D eigenvalue weighted by molar-refractivity contribution is -0.137. The van der Waals surface area contributed by atoms with Crippen LogP contribution >= 0.6 is 0 Å². The van der Waals surface area contributed by atoms with Crippen molar-refractivity contribution in [3.63, 3.8) is 0 Å². The van der Waals surface area contributed by atoms with E-state index >= 15 is 0 Å². The second-order valence-electron chi connectivity index (χ2n) is 9.47. The van der Waals surface area contributed by atoms with Gasteiger partial charge >= 0.3 is 0 Å². The van der Waals surface area contributed by atoms with Gasteiger partial charge in [0.1, 0.15) is 0 Å². The first kappa shape index (κ1) is 22.5. The molecule has 7 nitrogen and oxygen atoms in total. The summed E-state index contributed by atoms with van der Waals surface area (Å²) in [6.45, 7) is 6.55. The molecule has 0 aliphatic carbocycles. The molecule has 3 aliphatic heterocycles. The summed E-state index contributed by atoms with van der Waals surface area (Å²) in [5.74, 6) is 1.71. The highest BCUT2D eigenvalue weighted by Crippen LogP contribution is 2.32. The number of rotatable bonds is 8. The first-order valence-electron chi connectivity index (χ1n) is 12.3. The molecule has 1 aromatic rings. The van der Waals surface area contributed by atoms with Crippen molar-refractivity contribution >= 4 is 11.9 Å². The summed E-state index contributed by atoms with van der Waals surface area (Å²) in [5.41, 5.74) is 0. The van der Waals surface area contributed by atoms with E-state index in [2.05, 4.69) is 24.7 Å². The van der Waals surface area contributed by atoms with E-state index in [0.29, 0.717) is 24.5 Å². The first-order valence-corrected chi connectivity index (χ1v) is 12.3. The normalized spacial score (nSPS) is 27.0. The van der Waals surface area contributed by atoms with Gasteiger partial charge in [-0.1, -0.05) is 6.42 Å². The number of hydrogen-bond donors (Lipinski definition) is 0. The number of amides is 1. The van der Waals surface area contributed by atoms with Gasteiger partial charge in [0.15, 0.2) is 0 Å².